The standard InChI is InChI=1S/C21H20N2O4/c1-22-20(24)8-9-23-12-16(10-15-4-2-3-5-17(15)21(23)25)14-6-7-18-19(11-14)27-13-26-18/h2-7,11-12H,8-10,13H2,1H3,(H,22,24). The molecule has 2 heterocycles. The number of allylic oxidation sites excluding steroid dienone is 1. The van der Waals surface area contributed by atoms with Crippen molar-refractivity contribution in [1.29, 1.82) is 0 Å². The number of rotatable bonds is 4. The van der Waals surface area contributed by atoms with Gasteiger partial charge in [0.1, 0.15) is 0 Å². The molecular weight excluding hydrogens is 344 g/mol. The summed E-state index contributed by atoms with van der Waals surface area (Å²) in [6, 6.07) is 13.4. The summed E-state index contributed by atoms with van der Waals surface area (Å²) in [5, 5.41) is 2.60. The number of hydrogen-bond acceptors (Lipinski definition) is 4. The fraction of sp³-hybridized carbons (Fsp3) is 0.238. The van der Waals surface area contributed by atoms with Crippen LogP contribution in [0, 0.1) is 0 Å². The number of carbonyl (C=O) groups is 2. The van der Waals surface area contributed by atoms with Crippen LogP contribution in [0.15, 0.2) is 48.7 Å². The van der Waals surface area contributed by atoms with E-state index in [1.54, 1.807) is 11.9 Å². The largest absolute Gasteiger partial charge is 0.454 e. The maximum atomic E-state index is 13.0. The second-order valence-corrected chi connectivity index (χ2v) is 6.48. The van der Waals surface area contributed by atoms with Crippen molar-refractivity contribution in [2.24, 2.45) is 0 Å². The Morgan fingerprint density at radius 1 is 1.15 bits per heavy atom. The average molecular weight is 364 g/mol. The number of hydrogen-bond donors (Lipinski definition) is 1. The van der Waals surface area contributed by atoms with Gasteiger partial charge in [0.25, 0.3) is 5.91 Å². The number of nitrogens with one attached hydrogen (secondary N) is 1. The first kappa shape index (κ1) is 17.1. The molecule has 138 valence electrons. The predicted molar refractivity (Wildman–Crippen MR) is 100 cm³/mol. The third-order valence-corrected chi connectivity index (χ3v) is 4.80. The topological polar surface area (TPSA) is 67.9 Å². The van der Waals surface area contributed by atoms with Gasteiger partial charge in [0, 0.05) is 38.2 Å². The molecule has 0 fully saturated rings. The first-order chi connectivity index (χ1) is 13.2. The van der Waals surface area contributed by atoms with Crippen LogP contribution in [0.4, 0.5) is 0 Å². The van der Waals surface area contributed by atoms with Gasteiger partial charge in [-0.1, -0.05) is 24.3 Å². The molecule has 2 aliphatic heterocycles. The van der Waals surface area contributed by atoms with Crippen molar-refractivity contribution < 1.29 is 19.1 Å². The number of fused-ring (bicyclic) bond motifs is 2. The summed E-state index contributed by atoms with van der Waals surface area (Å²) in [5.74, 6) is 1.23. The van der Waals surface area contributed by atoms with Gasteiger partial charge in [-0.25, -0.2) is 0 Å². The van der Waals surface area contributed by atoms with Crippen molar-refractivity contribution in [1.82, 2.24) is 10.2 Å². The molecule has 2 aromatic rings. The molecule has 0 unspecified atom stereocenters. The van der Waals surface area contributed by atoms with Crippen LogP contribution in [0.3, 0.4) is 0 Å². The lowest BCUT2D eigenvalue weighted by Crippen LogP contribution is -2.30. The van der Waals surface area contributed by atoms with E-state index in [9.17, 15) is 9.59 Å². The molecule has 0 saturated heterocycles. The Balaban J connectivity index is 1.72. The zero-order chi connectivity index (χ0) is 18.8. The van der Waals surface area contributed by atoms with E-state index in [0.717, 1.165) is 22.4 Å². The highest BCUT2D eigenvalue weighted by Crippen LogP contribution is 2.36. The first-order valence-electron chi connectivity index (χ1n) is 8.86. The molecule has 2 aliphatic rings. The fourth-order valence-corrected chi connectivity index (χ4v) is 3.32. The number of nitrogens with zero attached hydrogens (tertiary/aromatic N) is 1. The highest BCUT2D eigenvalue weighted by atomic mass is 16.7. The van der Waals surface area contributed by atoms with Crippen LogP contribution in [-0.2, 0) is 11.2 Å². The number of benzene rings is 2. The van der Waals surface area contributed by atoms with Crippen LogP contribution in [0.25, 0.3) is 5.57 Å². The van der Waals surface area contributed by atoms with Gasteiger partial charge >= 0.3 is 0 Å². The molecular formula is C21H20N2O4. The summed E-state index contributed by atoms with van der Waals surface area (Å²) in [6.45, 7) is 0.540. The third kappa shape index (κ3) is 3.38. The van der Waals surface area contributed by atoms with E-state index in [1.165, 1.54) is 0 Å². The Morgan fingerprint density at radius 3 is 2.81 bits per heavy atom. The molecule has 0 spiro atoms. The zero-order valence-corrected chi connectivity index (χ0v) is 15.0. The van der Waals surface area contributed by atoms with Gasteiger partial charge in [0.15, 0.2) is 11.5 Å². The summed E-state index contributed by atoms with van der Waals surface area (Å²) >= 11 is 0. The van der Waals surface area contributed by atoms with E-state index in [2.05, 4.69) is 5.32 Å². The smallest absolute Gasteiger partial charge is 0.258 e. The van der Waals surface area contributed by atoms with Crippen molar-refractivity contribution in [2.45, 2.75) is 12.8 Å². The Kier molecular flexibility index (Phi) is 4.54. The Morgan fingerprint density at radius 2 is 1.96 bits per heavy atom. The monoisotopic (exact) mass is 364 g/mol. The second-order valence-electron chi connectivity index (χ2n) is 6.48. The van der Waals surface area contributed by atoms with Crippen LogP contribution in [0.2, 0.25) is 0 Å². The van der Waals surface area contributed by atoms with E-state index >= 15 is 0 Å². The van der Waals surface area contributed by atoms with E-state index in [1.807, 2.05) is 48.7 Å². The van der Waals surface area contributed by atoms with Gasteiger partial charge in [0.05, 0.1) is 0 Å². The highest BCUT2D eigenvalue weighted by Gasteiger charge is 2.24. The molecule has 0 atom stereocenters. The lowest BCUT2D eigenvalue weighted by Gasteiger charge is -2.18. The first-order valence-corrected chi connectivity index (χ1v) is 8.86. The summed E-state index contributed by atoms with van der Waals surface area (Å²) in [5.41, 5.74) is 3.59. The summed E-state index contributed by atoms with van der Waals surface area (Å²) < 4.78 is 10.9. The SMILES string of the molecule is CNC(=O)CCN1C=C(c2ccc3c(c2)OCO3)Cc2ccccc2C1=O. The molecule has 0 aliphatic carbocycles. The molecule has 0 aromatic heterocycles. The van der Waals surface area contributed by atoms with Crippen molar-refractivity contribution >= 4 is 17.4 Å². The highest BCUT2D eigenvalue weighted by molar-refractivity contribution is 5.99. The molecule has 0 saturated carbocycles. The van der Waals surface area contributed by atoms with Crippen molar-refractivity contribution in [3.63, 3.8) is 0 Å². The summed E-state index contributed by atoms with van der Waals surface area (Å²) in [4.78, 5) is 26.3. The van der Waals surface area contributed by atoms with Crippen LogP contribution in [0.5, 0.6) is 11.5 Å². The summed E-state index contributed by atoms with van der Waals surface area (Å²) in [6.07, 6.45) is 2.72. The van der Waals surface area contributed by atoms with Crippen molar-refractivity contribution in [3.05, 3.63) is 65.4 Å². The van der Waals surface area contributed by atoms with Crippen LogP contribution in [0.1, 0.15) is 27.9 Å². The Bertz CT molecular complexity index is 936. The summed E-state index contributed by atoms with van der Waals surface area (Å²) in [7, 11) is 1.59. The van der Waals surface area contributed by atoms with Gasteiger partial charge in [-0.3, -0.25) is 9.59 Å². The molecule has 1 N–H and O–H groups in total. The minimum absolute atomic E-state index is 0.0924. The lowest BCUT2D eigenvalue weighted by atomic mass is 9.96. The van der Waals surface area contributed by atoms with E-state index < -0.39 is 0 Å². The Labute approximate surface area is 157 Å². The maximum Gasteiger partial charge on any atom is 0.258 e. The van der Waals surface area contributed by atoms with E-state index in [4.69, 9.17) is 9.47 Å². The molecule has 0 bridgehead atoms. The molecule has 2 amide bonds. The molecule has 27 heavy (non-hydrogen) atoms. The number of ether oxygens (including phenoxy) is 2. The van der Waals surface area contributed by atoms with Crippen LogP contribution >= 0.6 is 0 Å². The normalized spacial score (nSPS) is 15.1. The van der Waals surface area contributed by atoms with E-state index in [-0.39, 0.29) is 25.0 Å². The van der Waals surface area contributed by atoms with Gasteiger partial charge in [-0.2, -0.15) is 0 Å². The van der Waals surface area contributed by atoms with Gasteiger partial charge < -0.3 is 19.7 Å². The molecule has 0 radical (unpaired) electrons. The Hall–Kier alpha value is -3.28. The van der Waals surface area contributed by atoms with Crippen LogP contribution in [-0.4, -0.2) is 37.1 Å². The minimum atomic E-state index is -0.0987. The average Bonchev–Trinajstić information content (AvgIpc) is 3.12. The number of carbonyl (C=O) groups excluding carboxylic acids is 2. The van der Waals surface area contributed by atoms with Gasteiger partial charge in [0.2, 0.25) is 12.7 Å². The fourth-order valence-electron chi connectivity index (χ4n) is 3.32. The van der Waals surface area contributed by atoms with Crippen molar-refractivity contribution in [2.75, 3.05) is 20.4 Å². The quantitative estimate of drug-likeness (QED) is 0.906. The lowest BCUT2D eigenvalue weighted by molar-refractivity contribution is -0.120. The molecule has 2 aromatic carbocycles. The zero-order valence-electron chi connectivity index (χ0n) is 15.0. The van der Waals surface area contributed by atoms with E-state index in [0.29, 0.717) is 24.3 Å². The minimum Gasteiger partial charge on any atom is -0.454 e. The maximum absolute atomic E-state index is 13.0. The van der Waals surface area contributed by atoms with Crippen LogP contribution < -0.4 is 14.8 Å². The third-order valence-electron chi connectivity index (χ3n) is 4.80. The molecule has 6 nitrogen and oxygen atoms in total. The van der Waals surface area contributed by atoms with Gasteiger partial charge in [-0.15, -0.1) is 0 Å². The van der Waals surface area contributed by atoms with Crippen molar-refractivity contribution in [3.8, 4) is 11.5 Å². The predicted octanol–water partition coefficient (Wildman–Crippen LogP) is 2.59. The number of amides is 2. The second kappa shape index (κ2) is 7.15. The van der Waals surface area contributed by atoms with Gasteiger partial charge in [-0.05, 0) is 34.9 Å². The molecule has 6 heteroatoms. The molecule has 4 rings (SSSR count).